The lowest BCUT2D eigenvalue weighted by molar-refractivity contribution is -0.162. The molecule has 1 amide bonds. The quantitative estimate of drug-likeness (QED) is 0.734. The molecule has 1 unspecified atom stereocenters. The van der Waals surface area contributed by atoms with Crippen molar-refractivity contribution in [3.05, 3.63) is 12.7 Å². The summed E-state index contributed by atoms with van der Waals surface area (Å²) in [7, 11) is 0. The van der Waals surface area contributed by atoms with E-state index >= 15 is 0 Å². The Hall–Kier alpha value is -1.04. The summed E-state index contributed by atoms with van der Waals surface area (Å²) in [5.74, 6) is -0.729. The molecular formula is C11H19F3N2O. The van der Waals surface area contributed by atoms with Crippen molar-refractivity contribution in [1.82, 2.24) is 4.90 Å². The number of rotatable bonds is 6. The maximum Gasteiger partial charge on any atom is 0.406 e. The van der Waals surface area contributed by atoms with E-state index in [4.69, 9.17) is 5.73 Å². The van der Waals surface area contributed by atoms with Crippen molar-refractivity contribution >= 4 is 5.91 Å². The van der Waals surface area contributed by atoms with Gasteiger partial charge in [-0.3, -0.25) is 4.79 Å². The molecular weight excluding hydrogens is 233 g/mol. The molecule has 0 aromatic carbocycles. The highest BCUT2D eigenvalue weighted by Gasteiger charge is 2.34. The molecule has 6 heteroatoms. The molecule has 0 radical (unpaired) electrons. The summed E-state index contributed by atoms with van der Waals surface area (Å²) in [5, 5.41) is 0. The molecule has 1 atom stereocenters. The van der Waals surface area contributed by atoms with E-state index in [9.17, 15) is 18.0 Å². The number of amides is 1. The molecule has 0 saturated carbocycles. The van der Waals surface area contributed by atoms with E-state index in [0.717, 1.165) is 4.90 Å². The van der Waals surface area contributed by atoms with Crippen molar-refractivity contribution in [3.8, 4) is 0 Å². The van der Waals surface area contributed by atoms with Gasteiger partial charge >= 0.3 is 6.18 Å². The normalized spacial score (nSPS) is 13.6. The topological polar surface area (TPSA) is 46.3 Å². The van der Waals surface area contributed by atoms with Crippen LogP contribution in [0.25, 0.3) is 0 Å². The van der Waals surface area contributed by atoms with Crippen LogP contribution in [0.4, 0.5) is 13.2 Å². The number of nitrogens with two attached hydrogens (primary N) is 1. The first-order valence-corrected chi connectivity index (χ1v) is 5.39. The first kappa shape index (κ1) is 16.0. The first-order valence-electron chi connectivity index (χ1n) is 5.39. The van der Waals surface area contributed by atoms with Gasteiger partial charge in [0.1, 0.15) is 6.54 Å². The molecule has 0 spiro atoms. The summed E-state index contributed by atoms with van der Waals surface area (Å²) in [6.07, 6.45) is -2.81. The average Bonchev–Trinajstić information content (AvgIpc) is 2.13. The predicted octanol–water partition coefficient (Wildman–Crippen LogP) is 1.94. The van der Waals surface area contributed by atoms with Gasteiger partial charge in [0.25, 0.3) is 0 Å². The summed E-state index contributed by atoms with van der Waals surface area (Å²) in [6.45, 7) is 5.69. The van der Waals surface area contributed by atoms with Gasteiger partial charge in [-0.25, -0.2) is 0 Å². The SMILES string of the molecule is C=CCC(N)C(=O)N(CC(C)C)CC(F)(F)F. The van der Waals surface area contributed by atoms with Crippen molar-refractivity contribution in [2.45, 2.75) is 32.5 Å². The van der Waals surface area contributed by atoms with Gasteiger partial charge in [0, 0.05) is 6.54 Å². The Morgan fingerprint density at radius 1 is 1.47 bits per heavy atom. The number of halogens is 3. The Bertz CT molecular complexity index is 264. The van der Waals surface area contributed by atoms with Gasteiger partial charge in [0.2, 0.25) is 5.91 Å². The standard InChI is InChI=1S/C11H19F3N2O/c1-4-5-9(15)10(17)16(6-8(2)3)7-11(12,13)14/h4,8-9H,1,5-7,15H2,2-3H3. The zero-order chi connectivity index (χ0) is 13.6. The monoisotopic (exact) mass is 252 g/mol. The molecule has 0 aliphatic rings. The second-order valence-electron chi connectivity index (χ2n) is 4.36. The largest absolute Gasteiger partial charge is 0.406 e. The molecule has 0 aliphatic heterocycles. The molecule has 0 aliphatic carbocycles. The fourth-order valence-electron chi connectivity index (χ4n) is 1.40. The minimum atomic E-state index is -4.40. The van der Waals surface area contributed by atoms with Crippen molar-refractivity contribution in [3.63, 3.8) is 0 Å². The Kier molecular flexibility index (Phi) is 6.23. The molecule has 0 saturated heterocycles. The van der Waals surface area contributed by atoms with Crippen LogP contribution >= 0.6 is 0 Å². The Labute approximate surface area is 99.5 Å². The number of alkyl halides is 3. The van der Waals surface area contributed by atoms with E-state index < -0.39 is 24.7 Å². The van der Waals surface area contributed by atoms with Crippen molar-refractivity contribution < 1.29 is 18.0 Å². The van der Waals surface area contributed by atoms with Crippen LogP contribution < -0.4 is 5.73 Å². The molecule has 0 aromatic rings. The molecule has 0 aromatic heterocycles. The smallest absolute Gasteiger partial charge is 0.332 e. The van der Waals surface area contributed by atoms with E-state index in [1.807, 2.05) is 0 Å². The lowest BCUT2D eigenvalue weighted by atomic mass is 10.1. The maximum absolute atomic E-state index is 12.3. The third-order valence-electron chi connectivity index (χ3n) is 2.01. The summed E-state index contributed by atoms with van der Waals surface area (Å²) in [6, 6.07) is -0.950. The van der Waals surface area contributed by atoms with Gasteiger partial charge in [-0.1, -0.05) is 19.9 Å². The average molecular weight is 252 g/mol. The maximum atomic E-state index is 12.3. The Balaban J connectivity index is 4.66. The lowest BCUT2D eigenvalue weighted by Gasteiger charge is -2.27. The molecule has 100 valence electrons. The van der Waals surface area contributed by atoms with Gasteiger partial charge < -0.3 is 10.6 Å². The number of hydrogen-bond donors (Lipinski definition) is 1. The summed E-state index contributed by atoms with van der Waals surface area (Å²) in [4.78, 5) is 12.5. The summed E-state index contributed by atoms with van der Waals surface area (Å²) in [5.41, 5.74) is 5.49. The molecule has 3 nitrogen and oxygen atoms in total. The van der Waals surface area contributed by atoms with Gasteiger partial charge in [-0.2, -0.15) is 13.2 Å². The first-order chi connectivity index (χ1) is 7.67. The molecule has 17 heavy (non-hydrogen) atoms. The van der Waals surface area contributed by atoms with Crippen LogP contribution in [-0.4, -0.2) is 36.1 Å². The number of nitrogens with zero attached hydrogens (tertiary/aromatic N) is 1. The van der Waals surface area contributed by atoms with Crippen molar-refractivity contribution in [2.75, 3.05) is 13.1 Å². The minimum absolute atomic E-state index is 0.0442. The molecule has 0 fully saturated rings. The fourth-order valence-corrected chi connectivity index (χ4v) is 1.40. The van der Waals surface area contributed by atoms with E-state index in [0.29, 0.717) is 0 Å². The highest BCUT2D eigenvalue weighted by atomic mass is 19.4. The van der Waals surface area contributed by atoms with Crippen LogP contribution in [0.3, 0.4) is 0 Å². The highest BCUT2D eigenvalue weighted by molar-refractivity contribution is 5.81. The van der Waals surface area contributed by atoms with Crippen molar-refractivity contribution in [2.24, 2.45) is 11.7 Å². The van der Waals surface area contributed by atoms with E-state index in [1.54, 1.807) is 13.8 Å². The fraction of sp³-hybridized carbons (Fsp3) is 0.727. The number of hydrogen-bond acceptors (Lipinski definition) is 2. The number of carbonyl (C=O) groups excluding carboxylic acids is 1. The van der Waals surface area contributed by atoms with Gasteiger partial charge in [-0.05, 0) is 12.3 Å². The van der Waals surface area contributed by atoms with Gasteiger partial charge in [0.15, 0.2) is 0 Å². The highest BCUT2D eigenvalue weighted by Crippen LogP contribution is 2.18. The van der Waals surface area contributed by atoms with Gasteiger partial charge in [0.05, 0.1) is 6.04 Å². The van der Waals surface area contributed by atoms with Crippen LogP contribution in [0.15, 0.2) is 12.7 Å². The molecule has 2 N–H and O–H groups in total. The lowest BCUT2D eigenvalue weighted by Crippen LogP contribution is -2.48. The van der Waals surface area contributed by atoms with E-state index in [2.05, 4.69) is 6.58 Å². The van der Waals surface area contributed by atoms with Crippen LogP contribution in [-0.2, 0) is 4.79 Å². The van der Waals surface area contributed by atoms with Gasteiger partial charge in [-0.15, -0.1) is 6.58 Å². The predicted molar refractivity (Wildman–Crippen MR) is 60.3 cm³/mol. The second-order valence-corrected chi connectivity index (χ2v) is 4.36. The van der Waals surface area contributed by atoms with Crippen LogP contribution in [0.2, 0.25) is 0 Å². The number of carbonyl (C=O) groups is 1. The zero-order valence-electron chi connectivity index (χ0n) is 10.1. The summed E-state index contributed by atoms with van der Waals surface area (Å²) >= 11 is 0. The minimum Gasteiger partial charge on any atom is -0.332 e. The molecule has 0 heterocycles. The Morgan fingerprint density at radius 3 is 2.35 bits per heavy atom. The third kappa shape index (κ3) is 6.99. The van der Waals surface area contributed by atoms with E-state index in [1.165, 1.54) is 6.08 Å². The van der Waals surface area contributed by atoms with Crippen molar-refractivity contribution in [1.29, 1.82) is 0 Å². The Morgan fingerprint density at radius 2 is 2.00 bits per heavy atom. The van der Waals surface area contributed by atoms with Crippen LogP contribution in [0.5, 0.6) is 0 Å². The van der Waals surface area contributed by atoms with Crippen LogP contribution in [0.1, 0.15) is 20.3 Å². The molecule has 0 rings (SSSR count). The van der Waals surface area contributed by atoms with Crippen LogP contribution in [0, 0.1) is 5.92 Å². The zero-order valence-corrected chi connectivity index (χ0v) is 10.1. The summed E-state index contributed by atoms with van der Waals surface area (Å²) < 4.78 is 36.9. The van der Waals surface area contributed by atoms with E-state index in [-0.39, 0.29) is 18.9 Å². The molecule has 0 bridgehead atoms. The second kappa shape index (κ2) is 6.64. The third-order valence-corrected chi connectivity index (χ3v) is 2.01.